The van der Waals surface area contributed by atoms with Crippen LogP contribution in [-0.2, 0) is 9.59 Å². The zero-order chi connectivity index (χ0) is 18.0. The van der Waals surface area contributed by atoms with E-state index in [1.165, 1.54) is 17.7 Å². The molecule has 1 saturated carbocycles. The van der Waals surface area contributed by atoms with Crippen LogP contribution in [0.15, 0.2) is 24.3 Å². The number of nitrogens with one attached hydrogen (secondary N) is 1. The summed E-state index contributed by atoms with van der Waals surface area (Å²) in [6.07, 6.45) is 3.74. The van der Waals surface area contributed by atoms with Gasteiger partial charge in [0, 0.05) is 6.04 Å². The summed E-state index contributed by atoms with van der Waals surface area (Å²) in [5.74, 6) is 1.64. The highest BCUT2D eigenvalue weighted by Gasteiger charge is 2.41. The lowest BCUT2D eigenvalue weighted by molar-refractivity contribution is -0.121. The van der Waals surface area contributed by atoms with Crippen molar-refractivity contribution in [2.45, 2.75) is 58.5 Å². The molecule has 0 radical (unpaired) electrons. The van der Waals surface area contributed by atoms with Crippen LogP contribution >= 0.6 is 0 Å². The van der Waals surface area contributed by atoms with Crippen LogP contribution in [0.5, 0.6) is 5.75 Å². The molecule has 1 aromatic carbocycles. The lowest BCUT2D eigenvalue weighted by Crippen LogP contribution is -2.48. The molecule has 1 heterocycles. The number of nitrogens with zero attached hydrogens (tertiary/aromatic N) is 1. The number of benzene rings is 1. The van der Waals surface area contributed by atoms with Crippen molar-refractivity contribution >= 4 is 17.5 Å². The van der Waals surface area contributed by atoms with Crippen LogP contribution in [0.25, 0.3) is 0 Å². The molecule has 0 spiro atoms. The fourth-order valence-corrected chi connectivity index (χ4v) is 3.97. The minimum atomic E-state index is -0.406. The summed E-state index contributed by atoms with van der Waals surface area (Å²) in [7, 11) is 0. The van der Waals surface area contributed by atoms with Gasteiger partial charge in [0.15, 0.2) is 0 Å². The minimum Gasteiger partial charge on any atom is -0.494 e. The third-order valence-electron chi connectivity index (χ3n) is 5.67. The van der Waals surface area contributed by atoms with Crippen molar-refractivity contribution in [3.8, 4) is 5.75 Å². The van der Waals surface area contributed by atoms with Crippen LogP contribution in [0.1, 0.15) is 46.5 Å². The molecule has 2 fully saturated rings. The highest BCUT2D eigenvalue weighted by Crippen LogP contribution is 2.31. The van der Waals surface area contributed by atoms with Gasteiger partial charge in [-0.25, -0.2) is 4.90 Å². The molecule has 1 saturated heterocycles. The summed E-state index contributed by atoms with van der Waals surface area (Å²) in [5.41, 5.74) is 0.618. The molecular weight excluding hydrogens is 316 g/mol. The number of hydrogen-bond acceptors (Lipinski definition) is 4. The Morgan fingerprint density at radius 1 is 1.16 bits per heavy atom. The van der Waals surface area contributed by atoms with Gasteiger partial charge in [0.05, 0.1) is 24.8 Å². The van der Waals surface area contributed by atoms with E-state index < -0.39 is 6.04 Å². The van der Waals surface area contributed by atoms with Crippen molar-refractivity contribution in [3.63, 3.8) is 0 Å². The van der Waals surface area contributed by atoms with Gasteiger partial charge in [-0.2, -0.15) is 0 Å². The lowest BCUT2D eigenvalue weighted by atomic mass is 9.78. The molecule has 0 bridgehead atoms. The number of amides is 2. The van der Waals surface area contributed by atoms with Crippen molar-refractivity contribution in [1.82, 2.24) is 5.32 Å². The fourth-order valence-electron chi connectivity index (χ4n) is 3.97. The quantitative estimate of drug-likeness (QED) is 0.834. The average Bonchev–Trinajstić information content (AvgIpc) is 2.87. The standard InChI is InChI=1S/C20H28N2O3/c1-4-25-16-10-8-15(9-11-16)22-19(23)12-18(20(22)24)21-17-7-5-6-13(2)14(17)3/h8-11,13-14,17-18,21H,4-7,12H2,1-3H3/t13-,14+,17-,18+/m1/s1. The monoisotopic (exact) mass is 344 g/mol. The number of carbonyl (C=O) groups excluding carboxylic acids is 2. The molecule has 1 aromatic rings. The second-order valence-corrected chi connectivity index (χ2v) is 7.29. The van der Waals surface area contributed by atoms with Crippen LogP contribution < -0.4 is 15.0 Å². The molecule has 1 aliphatic heterocycles. The number of rotatable bonds is 5. The Bertz CT molecular complexity index is 628. The summed E-state index contributed by atoms with van der Waals surface area (Å²) in [6, 6.07) is 7.04. The van der Waals surface area contributed by atoms with E-state index in [0.29, 0.717) is 30.2 Å². The van der Waals surface area contributed by atoms with E-state index in [4.69, 9.17) is 4.74 Å². The highest BCUT2D eigenvalue weighted by molar-refractivity contribution is 6.22. The van der Waals surface area contributed by atoms with Crippen LogP contribution in [0.3, 0.4) is 0 Å². The molecule has 0 unspecified atom stereocenters. The Morgan fingerprint density at radius 2 is 1.88 bits per heavy atom. The van der Waals surface area contributed by atoms with E-state index >= 15 is 0 Å². The average molecular weight is 344 g/mol. The predicted octanol–water partition coefficient (Wildman–Crippen LogP) is 3.13. The van der Waals surface area contributed by atoms with Crippen LogP contribution in [-0.4, -0.2) is 30.5 Å². The van der Waals surface area contributed by atoms with Crippen LogP contribution in [0, 0.1) is 11.8 Å². The Hall–Kier alpha value is -1.88. The number of ether oxygens (including phenoxy) is 1. The molecule has 136 valence electrons. The van der Waals surface area contributed by atoms with Gasteiger partial charge in [0.2, 0.25) is 5.91 Å². The zero-order valence-corrected chi connectivity index (χ0v) is 15.3. The first-order valence-electron chi connectivity index (χ1n) is 9.37. The molecule has 2 aliphatic rings. The highest BCUT2D eigenvalue weighted by atomic mass is 16.5. The first-order chi connectivity index (χ1) is 12.0. The summed E-state index contributed by atoms with van der Waals surface area (Å²) in [6.45, 7) is 7.02. The molecule has 4 atom stereocenters. The second-order valence-electron chi connectivity index (χ2n) is 7.29. The fraction of sp³-hybridized carbons (Fsp3) is 0.600. The Balaban J connectivity index is 1.69. The van der Waals surface area contributed by atoms with E-state index in [2.05, 4.69) is 19.2 Å². The van der Waals surface area contributed by atoms with E-state index in [9.17, 15) is 9.59 Å². The molecule has 5 nitrogen and oxygen atoms in total. The van der Waals surface area contributed by atoms with Gasteiger partial charge in [-0.05, 0) is 49.4 Å². The van der Waals surface area contributed by atoms with Crippen molar-refractivity contribution in [2.24, 2.45) is 11.8 Å². The molecule has 2 amide bonds. The largest absolute Gasteiger partial charge is 0.494 e. The van der Waals surface area contributed by atoms with Crippen molar-refractivity contribution in [3.05, 3.63) is 24.3 Å². The van der Waals surface area contributed by atoms with Gasteiger partial charge in [0.25, 0.3) is 5.91 Å². The van der Waals surface area contributed by atoms with Crippen molar-refractivity contribution < 1.29 is 14.3 Å². The maximum absolute atomic E-state index is 12.8. The SMILES string of the molecule is CCOc1ccc(N2C(=O)C[C@H](N[C@@H]3CCC[C@@H](C)[C@@H]3C)C2=O)cc1. The summed E-state index contributed by atoms with van der Waals surface area (Å²) >= 11 is 0. The third-order valence-corrected chi connectivity index (χ3v) is 5.67. The Labute approximate surface area is 149 Å². The Morgan fingerprint density at radius 3 is 2.56 bits per heavy atom. The molecule has 25 heavy (non-hydrogen) atoms. The van der Waals surface area contributed by atoms with E-state index in [1.54, 1.807) is 24.3 Å². The third kappa shape index (κ3) is 3.71. The molecule has 3 rings (SSSR count). The minimum absolute atomic E-state index is 0.136. The summed E-state index contributed by atoms with van der Waals surface area (Å²) in [5, 5.41) is 3.47. The Kier molecular flexibility index (Phi) is 5.42. The molecule has 0 aromatic heterocycles. The summed E-state index contributed by atoms with van der Waals surface area (Å²) < 4.78 is 5.42. The van der Waals surface area contributed by atoms with Crippen molar-refractivity contribution in [1.29, 1.82) is 0 Å². The number of hydrogen-bond donors (Lipinski definition) is 1. The van der Waals surface area contributed by atoms with Gasteiger partial charge >= 0.3 is 0 Å². The van der Waals surface area contributed by atoms with Gasteiger partial charge in [0.1, 0.15) is 5.75 Å². The van der Waals surface area contributed by atoms with Crippen LogP contribution in [0.2, 0.25) is 0 Å². The maximum atomic E-state index is 12.8. The molecule has 1 aliphatic carbocycles. The van der Waals surface area contributed by atoms with Gasteiger partial charge < -0.3 is 10.1 Å². The second kappa shape index (κ2) is 7.56. The predicted molar refractivity (Wildman–Crippen MR) is 97.6 cm³/mol. The van der Waals surface area contributed by atoms with Gasteiger partial charge in [-0.15, -0.1) is 0 Å². The zero-order valence-electron chi connectivity index (χ0n) is 15.3. The normalized spacial score (nSPS) is 30.0. The first kappa shape index (κ1) is 17.9. The molecule has 5 heteroatoms. The van der Waals surface area contributed by atoms with Gasteiger partial charge in [-0.3, -0.25) is 9.59 Å². The van der Waals surface area contributed by atoms with E-state index in [1.807, 2.05) is 6.92 Å². The molecular formula is C20H28N2O3. The first-order valence-corrected chi connectivity index (χ1v) is 9.37. The smallest absolute Gasteiger partial charge is 0.251 e. The van der Waals surface area contributed by atoms with E-state index in [-0.39, 0.29) is 18.2 Å². The maximum Gasteiger partial charge on any atom is 0.251 e. The topological polar surface area (TPSA) is 58.6 Å². The van der Waals surface area contributed by atoms with E-state index in [0.717, 1.165) is 12.2 Å². The lowest BCUT2D eigenvalue weighted by Gasteiger charge is -2.36. The number of imide groups is 1. The van der Waals surface area contributed by atoms with Gasteiger partial charge in [-0.1, -0.05) is 26.7 Å². The number of anilines is 1. The summed E-state index contributed by atoms with van der Waals surface area (Å²) in [4.78, 5) is 26.5. The number of carbonyl (C=O) groups is 2. The molecule has 1 N–H and O–H groups in total. The van der Waals surface area contributed by atoms with Crippen molar-refractivity contribution in [2.75, 3.05) is 11.5 Å². The van der Waals surface area contributed by atoms with Crippen LogP contribution in [0.4, 0.5) is 5.69 Å².